The lowest BCUT2D eigenvalue weighted by molar-refractivity contribution is -0.126. The molecule has 5 nitrogen and oxygen atoms in total. The normalized spacial score (nSPS) is 15.2. The zero-order chi connectivity index (χ0) is 19.8. The summed E-state index contributed by atoms with van der Waals surface area (Å²) in [5, 5.41) is 6.42. The fourth-order valence-electron chi connectivity index (χ4n) is 3.38. The van der Waals surface area contributed by atoms with Crippen molar-refractivity contribution in [3.05, 3.63) is 65.2 Å². The van der Waals surface area contributed by atoms with E-state index in [1.807, 2.05) is 42.5 Å². The van der Waals surface area contributed by atoms with Crippen LogP contribution in [0.4, 0.5) is 5.69 Å². The van der Waals surface area contributed by atoms with Crippen LogP contribution < -0.4 is 10.6 Å². The summed E-state index contributed by atoms with van der Waals surface area (Å²) in [7, 11) is 0. The van der Waals surface area contributed by atoms with Gasteiger partial charge in [-0.1, -0.05) is 54.1 Å². The molecule has 148 valence electrons. The molecule has 0 bridgehead atoms. The molecule has 1 heterocycles. The van der Waals surface area contributed by atoms with Crippen molar-refractivity contribution in [2.75, 3.05) is 25.0 Å². The highest BCUT2D eigenvalue weighted by Crippen LogP contribution is 2.21. The summed E-state index contributed by atoms with van der Waals surface area (Å²) >= 11 is 6.06. The van der Waals surface area contributed by atoms with E-state index in [1.54, 1.807) is 12.1 Å². The van der Waals surface area contributed by atoms with E-state index in [2.05, 4.69) is 15.5 Å². The Morgan fingerprint density at radius 1 is 1.00 bits per heavy atom. The van der Waals surface area contributed by atoms with E-state index < -0.39 is 0 Å². The van der Waals surface area contributed by atoms with Crippen LogP contribution >= 0.6 is 11.6 Å². The largest absolute Gasteiger partial charge is 0.352 e. The highest BCUT2D eigenvalue weighted by molar-refractivity contribution is 6.33. The van der Waals surface area contributed by atoms with E-state index in [9.17, 15) is 9.59 Å². The molecule has 3 rings (SSSR count). The quantitative estimate of drug-likeness (QED) is 0.746. The number of hydrogen-bond acceptors (Lipinski definition) is 3. The predicted molar refractivity (Wildman–Crippen MR) is 112 cm³/mol. The third kappa shape index (κ3) is 6.08. The summed E-state index contributed by atoms with van der Waals surface area (Å²) in [4.78, 5) is 26.8. The third-order valence-corrected chi connectivity index (χ3v) is 5.40. The molecule has 2 N–H and O–H groups in total. The molecule has 6 heteroatoms. The van der Waals surface area contributed by atoms with Crippen molar-refractivity contribution in [2.24, 2.45) is 5.92 Å². The smallest absolute Gasteiger partial charge is 0.225 e. The molecule has 2 aromatic rings. The molecule has 1 aliphatic rings. The van der Waals surface area contributed by atoms with Crippen LogP contribution in [0.5, 0.6) is 0 Å². The van der Waals surface area contributed by atoms with Crippen molar-refractivity contribution in [1.29, 1.82) is 0 Å². The molecule has 0 saturated carbocycles. The Hall–Kier alpha value is -2.37. The van der Waals surface area contributed by atoms with Crippen molar-refractivity contribution >= 4 is 29.1 Å². The minimum Gasteiger partial charge on any atom is -0.352 e. The van der Waals surface area contributed by atoms with Crippen LogP contribution in [0.1, 0.15) is 24.8 Å². The first-order chi connectivity index (χ1) is 13.6. The Balaban J connectivity index is 1.35. The van der Waals surface area contributed by atoms with Crippen molar-refractivity contribution in [2.45, 2.75) is 25.8 Å². The van der Waals surface area contributed by atoms with Gasteiger partial charge in [0, 0.05) is 25.4 Å². The van der Waals surface area contributed by atoms with Crippen molar-refractivity contribution in [3.63, 3.8) is 0 Å². The molecule has 0 aliphatic carbocycles. The Kier molecular flexibility index (Phi) is 7.46. The lowest BCUT2D eigenvalue weighted by Gasteiger charge is -2.31. The number of rotatable bonds is 7. The average Bonchev–Trinajstić information content (AvgIpc) is 2.73. The summed E-state index contributed by atoms with van der Waals surface area (Å²) in [6.07, 6.45) is 2.07. The maximum Gasteiger partial charge on any atom is 0.225 e. The molecule has 0 unspecified atom stereocenters. The van der Waals surface area contributed by atoms with E-state index in [1.165, 1.54) is 0 Å². The number of carbonyl (C=O) groups is 2. The molecule has 0 aromatic heterocycles. The third-order valence-electron chi connectivity index (χ3n) is 5.07. The van der Waals surface area contributed by atoms with Gasteiger partial charge >= 0.3 is 0 Å². The average molecular weight is 400 g/mol. The van der Waals surface area contributed by atoms with Gasteiger partial charge in [0.25, 0.3) is 0 Å². The number of carbonyl (C=O) groups excluding carboxylic acids is 2. The Bertz CT molecular complexity index is 789. The first kappa shape index (κ1) is 20.4. The number of likely N-dealkylation sites (tertiary alicyclic amines) is 1. The molecule has 1 aliphatic heterocycles. The van der Waals surface area contributed by atoms with Gasteiger partial charge in [-0.05, 0) is 43.6 Å². The van der Waals surface area contributed by atoms with Gasteiger partial charge in [-0.2, -0.15) is 0 Å². The van der Waals surface area contributed by atoms with Gasteiger partial charge in [-0.25, -0.2) is 0 Å². The van der Waals surface area contributed by atoms with Crippen LogP contribution in [0.25, 0.3) is 0 Å². The molecular weight excluding hydrogens is 374 g/mol. The minimum atomic E-state index is -0.0455. The highest BCUT2D eigenvalue weighted by Gasteiger charge is 2.24. The first-order valence-electron chi connectivity index (χ1n) is 9.70. The van der Waals surface area contributed by atoms with Crippen LogP contribution in [-0.4, -0.2) is 36.3 Å². The SMILES string of the molecule is O=C(CCN1CCC(C(=O)NCc2ccccc2)CC1)Nc1ccccc1Cl. The summed E-state index contributed by atoms with van der Waals surface area (Å²) < 4.78 is 0. The monoisotopic (exact) mass is 399 g/mol. The molecule has 0 atom stereocenters. The summed E-state index contributed by atoms with van der Waals surface area (Å²) in [5.41, 5.74) is 1.75. The fraction of sp³-hybridized carbons (Fsp3) is 0.364. The standard InChI is InChI=1S/C22H26ClN3O2/c23-19-8-4-5-9-20(19)25-21(27)12-15-26-13-10-18(11-14-26)22(28)24-16-17-6-2-1-3-7-17/h1-9,18H,10-16H2,(H,24,28)(H,25,27). The number of nitrogens with zero attached hydrogens (tertiary/aromatic N) is 1. The molecule has 0 spiro atoms. The van der Waals surface area contributed by atoms with Crippen LogP contribution in [0.15, 0.2) is 54.6 Å². The second-order valence-electron chi connectivity index (χ2n) is 7.10. The van der Waals surface area contributed by atoms with Crippen LogP contribution in [-0.2, 0) is 16.1 Å². The second-order valence-corrected chi connectivity index (χ2v) is 7.50. The van der Waals surface area contributed by atoms with E-state index in [0.29, 0.717) is 30.2 Å². The Labute approximate surface area is 171 Å². The number of benzene rings is 2. The summed E-state index contributed by atoms with van der Waals surface area (Å²) in [6, 6.07) is 17.2. The van der Waals surface area contributed by atoms with Gasteiger partial charge in [-0.15, -0.1) is 0 Å². The van der Waals surface area contributed by atoms with E-state index in [4.69, 9.17) is 11.6 Å². The molecule has 1 saturated heterocycles. The Morgan fingerprint density at radius 3 is 2.39 bits per heavy atom. The zero-order valence-electron chi connectivity index (χ0n) is 15.9. The van der Waals surface area contributed by atoms with Crippen LogP contribution in [0.2, 0.25) is 5.02 Å². The number of halogens is 1. The first-order valence-corrected chi connectivity index (χ1v) is 10.1. The highest BCUT2D eigenvalue weighted by atomic mass is 35.5. The number of anilines is 1. The topological polar surface area (TPSA) is 61.4 Å². The maximum atomic E-state index is 12.4. The minimum absolute atomic E-state index is 0.0455. The number of para-hydroxylation sites is 1. The number of nitrogens with one attached hydrogen (secondary N) is 2. The second kappa shape index (κ2) is 10.2. The lowest BCUT2D eigenvalue weighted by atomic mass is 9.95. The molecule has 28 heavy (non-hydrogen) atoms. The molecule has 0 radical (unpaired) electrons. The van der Waals surface area contributed by atoms with Crippen LogP contribution in [0.3, 0.4) is 0 Å². The van der Waals surface area contributed by atoms with Gasteiger partial charge in [0.1, 0.15) is 0 Å². The maximum absolute atomic E-state index is 12.4. The molecule has 1 fully saturated rings. The number of amides is 2. The van der Waals surface area contributed by atoms with Gasteiger partial charge < -0.3 is 15.5 Å². The zero-order valence-corrected chi connectivity index (χ0v) is 16.6. The van der Waals surface area contributed by atoms with Crippen molar-refractivity contribution in [1.82, 2.24) is 10.2 Å². The van der Waals surface area contributed by atoms with E-state index in [-0.39, 0.29) is 17.7 Å². The summed E-state index contributed by atoms with van der Waals surface area (Å²) in [6.45, 7) is 2.93. The number of piperidine rings is 1. The van der Waals surface area contributed by atoms with Gasteiger partial charge in [-0.3, -0.25) is 9.59 Å². The number of hydrogen-bond donors (Lipinski definition) is 2. The van der Waals surface area contributed by atoms with E-state index >= 15 is 0 Å². The van der Waals surface area contributed by atoms with E-state index in [0.717, 1.165) is 31.5 Å². The van der Waals surface area contributed by atoms with Crippen molar-refractivity contribution < 1.29 is 9.59 Å². The Morgan fingerprint density at radius 2 is 1.68 bits per heavy atom. The van der Waals surface area contributed by atoms with Gasteiger partial charge in [0.2, 0.25) is 11.8 Å². The lowest BCUT2D eigenvalue weighted by Crippen LogP contribution is -2.41. The fourth-order valence-corrected chi connectivity index (χ4v) is 3.57. The molecule has 2 aromatic carbocycles. The van der Waals surface area contributed by atoms with Crippen molar-refractivity contribution in [3.8, 4) is 0 Å². The predicted octanol–water partition coefficient (Wildman–Crippen LogP) is 3.70. The molecule has 2 amide bonds. The van der Waals surface area contributed by atoms with Gasteiger partial charge in [0.15, 0.2) is 0 Å². The molecular formula is C22H26ClN3O2. The summed E-state index contributed by atoms with van der Waals surface area (Å²) in [5.74, 6) is 0.132. The van der Waals surface area contributed by atoms with Crippen LogP contribution in [0, 0.1) is 5.92 Å². The van der Waals surface area contributed by atoms with Gasteiger partial charge in [0.05, 0.1) is 10.7 Å².